The van der Waals surface area contributed by atoms with E-state index in [2.05, 4.69) is 46.4 Å². The summed E-state index contributed by atoms with van der Waals surface area (Å²) < 4.78 is 7.36. The van der Waals surface area contributed by atoms with Gasteiger partial charge in [-0.15, -0.1) is 0 Å². The Morgan fingerprint density at radius 3 is 2.60 bits per heavy atom. The Morgan fingerprint density at radius 2 is 1.80 bits per heavy atom. The van der Waals surface area contributed by atoms with Crippen molar-refractivity contribution in [1.29, 1.82) is 0 Å². The summed E-state index contributed by atoms with van der Waals surface area (Å²) >= 11 is 0. The summed E-state index contributed by atoms with van der Waals surface area (Å²) in [6.07, 6.45) is 1.79. The lowest BCUT2D eigenvalue weighted by Crippen LogP contribution is -1.93. The van der Waals surface area contributed by atoms with Gasteiger partial charge in [0.25, 0.3) is 5.89 Å². The lowest BCUT2D eigenvalue weighted by molar-refractivity contribution is 0.432. The van der Waals surface area contributed by atoms with Crippen molar-refractivity contribution in [2.45, 2.75) is 13.8 Å². The molecule has 0 atom stereocenters. The van der Waals surface area contributed by atoms with E-state index < -0.39 is 0 Å². The Bertz CT molecular complexity index is 1050. The number of hydrogen-bond donors (Lipinski definition) is 0. The second-order valence-corrected chi connectivity index (χ2v) is 6.16. The van der Waals surface area contributed by atoms with E-state index in [1.165, 1.54) is 5.56 Å². The number of benzene rings is 2. The summed E-state index contributed by atoms with van der Waals surface area (Å²) in [5.74, 6) is 1.13. The standard InChI is InChI=1S/C20H18N4O/c1-13-7-8-14(2)17(11-13)20-22-19(23-25-20)16-6-4-5-15(12-16)18-9-10-21-24(18)3/h4-12H,1-3H3. The molecule has 0 bridgehead atoms. The smallest absolute Gasteiger partial charge is 0.258 e. The fourth-order valence-corrected chi connectivity index (χ4v) is 2.89. The Kier molecular flexibility index (Phi) is 3.69. The zero-order chi connectivity index (χ0) is 17.4. The quantitative estimate of drug-likeness (QED) is 0.558. The van der Waals surface area contributed by atoms with Crippen molar-refractivity contribution < 1.29 is 4.52 Å². The average Bonchev–Trinajstić information content (AvgIpc) is 3.26. The van der Waals surface area contributed by atoms with Crippen molar-refractivity contribution in [2.75, 3.05) is 0 Å². The van der Waals surface area contributed by atoms with Gasteiger partial charge in [-0.05, 0) is 37.6 Å². The van der Waals surface area contributed by atoms with Gasteiger partial charge < -0.3 is 4.52 Å². The number of aromatic nitrogens is 4. The van der Waals surface area contributed by atoms with Gasteiger partial charge in [0.15, 0.2) is 0 Å². The third-order valence-corrected chi connectivity index (χ3v) is 4.29. The van der Waals surface area contributed by atoms with E-state index in [-0.39, 0.29) is 0 Å². The molecular weight excluding hydrogens is 312 g/mol. The maximum absolute atomic E-state index is 5.52. The predicted octanol–water partition coefficient (Wildman–Crippen LogP) is 4.42. The molecule has 0 aliphatic carbocycles. The van der Waals surface area contributed by atoms with Crippen molar-refractivity contribution in [2.24, 2.45) is 7.05 Å². The second kappa shape index (κ2) is 6.02. The van der Waals surface area contributed by atoms with Crippen LogP contribution in [0.25, 0.3) is 34.1 Å². The molecule has 4 aromatic rings. The first-order chi connectivity index (χ1) is 12.1. The van der Waals surface area contributed by atoms with Crippen LogP contribution in [0.2, 0.25) is 0 Å². The fourth-order valence-electron chi connectivity index (χ4n) is 2.89. The highest BCUT2D eigenvalue weighted by molar-refractivity contribution is 5.69. The minimum Gasteiger partial charge on any atom is -0.334 e. The highest BCUT2D eigenvalue weighted by Crippen LogP contribution is 2.28. The molecule has 25 heavy (non-hydrogen) atoms. The summed E-state index contributed by atoms with van der Waals surface area (Å²) in [6, 6.07) is 16.3. The topological polar surface area (TPSA) is 56.7 Å². The van der Waals surface area contributed by atoms with E-state index in [1.54, 1.807) is 6.20 Å². The molecule has 5 nitrogen and oxygen atoms in total. The van der Waals surface area contributed by atoms with Crippen molar-refractivity contribution >= 4 is 0 Å². The van der Waals surface area contributed by atoms with E-state index in [1.807, 2.05) is 42.9 Å². The molecular formula is C20H18N4O. The van der Waals surface area contributed by atoms with Gasteiger partial charge in [0.2, 0.25) is 5.82 Å². The molecule has 2 aromatic carbocycles. The molecule has 0 saturated carbocycles. The number of nitrogens with zero attached hydrogens (tertiary/aromatic N) is 4. The van der Waals surface area contributed by atoms with Gasteiger partial charge >= 0.3 is 0 Å². The molecule has 0 saturated heterocycles. The fraction of sp³-hybridized carbons (Fsp3) is 0.150. The van der Waals surface area contributed by atoms with Gasteiger partial charge in [-0.1, -0.05) is 41.1 Å². The highest BCUT2D eigenvalue weighted by atomic mass is 16.5. The molecule has 0 aliphatic heterocycles. The normalized spacial score (nSPS) is 11.0. The molecule has 5 heteroatoms. The largest absolute Gasteiger partial charge is 0.334 e. The molecule has 4 rings (SSSR count). The average molecular weight is 330 g/mol. The highest BCUT2D eigenvalue weighted by Gasteiger charge is 2.14. The summed E-state index contributed by atoms with van der Waals surface area (Å²) in [7, 11) is 1.93. The third kappa shape index (κ3) is 2.85. The van der Waals surface area contributed by atoms with E-state index in [4.69, 9.17) is 4.52 Å². The van der Waals surface area contributed by atoms with Crippen LogP contribution in [0.1, 0.15) is 11.1 Å². The van der Waals surface area contributed by atoms with Crippen LogP contribution >= 0.6 is 0 Å². The lowest BCUT2D eigenvalue weighted by Gasteiger charge is -2.03. The first-order valence-electron chi connectivity index (χ1n) is 8.12. The van der Waals surface area contributed by atoms with E-state index in [0.29, 0.717) is 11.7 Å². The van der Waals surface area contributed by atoms with Gasteiger partial charge in [-0.3, -0.25) is 4.68 Å². The Labute approximate surface area is 145 Å². The van der Waals surface area contributed by atoms with Crippen molar-refractivity contribution in [3.63, 3.8) is 0 Å². The van der Waals surface area contributed by atoms with Crippen LogP contribution in [0, 0.1) is 13.8 Å². The van der Waals surface area contributed by atoms with Crippen LogP contribution in [0.15, 0.2) is 59.3 Å². The molecule has 2 aromatic heterocycles. The molecule has 0 aliphatic rings. The molecule has 0 N–H and O–H groups in total. The van der Waals surface area contributed by atoms with Crippen molar-refractivity contribution in [3.8, 4) is 34.1 Å². The number of hydrogen-bond acceptors (Lipinski definition) is 4. The number of aryl methyl sites for hydroxylation is 3. The molecule has 2 heterocycles. The van der Waals surface area contributed by atoms with Gasteiger partial charge in [0.1, 0.15) is 0 Å². The summed E-state index contributed by atoms with van der Waals surface area (Å²) in [5, 5.41) is 8.39. The zero-order valence-electron chi connectivity index (χ0n) is 14.4. The first kappa shape index (κ1) is 15.3. The molecule has 0 unspecified atom stereocenters. The second-order valence-electron chi connectivity index (χ2n) is 6.16. The molecule has 0 radical (unpaired) electrons. The third-order valence-electron chi connectivity index (χ3n) is 4.29. The van der Waals surface area contributed by atoms with Crippen LogP contribution < -0.4 is 0 Å². The van der Waals surface area contributed by atoms with Crippen LogP contribution in [-0.4, -0.2) is 19.9 Å². The summed E-state index contributed by atoms with van der Waals surface area (Å²) in [4.78, 5) is 4.60. The Morgan fingerprint density at radius 1 is 0.960 bits per heavy atom. The minimum atomic E-state index is 0.544. The summed E-state index contributed by atoms with van der Waals surface area (Å²) in [6.45, 7) is 4.10. The monoisotopic (exact) mass is 330 g/mol. The van der Waals surface area contributed by atoms with Gasteiger partial charge in [-0.2, -0.15) is 10.1 Å². The predicted molar refractivity (Wildman–Crippen MR) is 96.8 cm³/mol. The van der Waals surface area contributed by atoms with E-state index in [0.717, 1.165) is 27.9 Å². The SMILES string of the molecule is Cc1ccc(C)c(-c2nc(-c3cccc(-c4ccnn4C)c3)no2)c1. The molecule has 124 valence electrons. The molecule has 0 spiro atoms. The van der Waals surface area contributed by atoms with Crippen molar-refractivity contribution in [1.82, 2.24) is 19.9 Å². The Hall–Kier alpha value is -3.21. The maximum atomic E-state index is 5.52. The molecule has 0 fully saturated rings. The van der Waals surface area contributed by atoms with Crippen LogP contribution in [0.4, 0.5) is 0 Å². The van der Waals surface area contributed by atoms with Crippen LogP contribution in [0.3, 0.4) is 0 Å². The lowest BCUT2D eigenvalue weighted by atomic mass is 10.1. The molecule has 0 amide bonds. The minimum absolute atomic E-state index is 0.544. The maximum Gasteiger partial charge on any atom is 0.258 e. The summed E-state index contributed by atoms with van der Waals surface area (Å²) in [5.41, 5.74) is 6.28. The Balaban J connectivity index is 1.74. The zero-order valence-corrected chi connectivity index (χ0v) is 14.4. The van der Waals surface area contributed by atoms with E-state index >= 15 is 0 Å². The van der Waals surface area contributed by atoms with Crippen LogP contribution in [0.5, 0.6) is 0 Å². The van der Waals surface area contributed by atoms with Gasteiger partial charge in [0.05, 0.1) is 5.69 Å². The number of rotatable bonds is 3. The van der Waals surface area contributed by atoms with E-state index in [9.17, 15) is 0 Å². The van der Waals surface area contributed by atoms with Crippen LogP contribution in [-0.2, 0) is 7.05 Å². The van der Waals surface area contributed by atoms with Crippen molar-refractivity contribution in [3.05, 3.63) is 65.9 Å². The van der Waals surface area contributed by atoms with Gasteiger partial charge in [0, 0.05) is 29.9 Å². The van der Waals surface area contributed by atoms with Gasteiger partial charge in [-0.25, -0.2) is 0 Å². The first-order valence-corrected chi connectivity index (χ1v) is 8.12.